The molecule has 4 amide bonds. The molecule has 0 radical (unpaired) electrons. The fraction of sp³-hybridized carbons (Fsp3) is 0.429. The summed E-state index contributed by atoms with van der Waals surface area (Å²) in [6, 6.07) is 14.7. The number of nitrogens with zero attached hydrogens (tertiary/aromatic N) is 1. The van der Waals surface area contributed by atoms with E-state index < -0.39 is 35.7 Å². The third-order valence-corrected chi connectivity index (χ3v) is 5.80. The molecule has 0 aliphatic carbocycles. The summed E-state index contributed by atoms with van der Waals surface area (Å²) in [7, 11) is 3.80. The number of amides is 4. The minimum Gasteiger partial charge on any atom is -0.377 e. The summed E-state index contributed by atoms with van der Waals surface area (Å²) in [5.74, 6) is -1.89. The van der Waals surface area contributed by atoms with Crippen LogP contribution in [0.1, 0.15) is 44.7 Å². The Balaban J connectivity index is 1.97. The van der Waals surface area contributed by atoms with E-state index in [0.29, 0.717) is 13.0 Å². The molecule has 2 atom stereocenters. The first-order valence-electron chi connectivity index (χ1n) is 12.6. The molecule has 37 heavy (non-hydrogen) atoms. The van der Waals surface area contributed by atoms with Gasteiger partial charge in [-0.15, -0.1) is 0 Å². The van der Waals surface area contributed by atoms with Crippen molar-refractivity contribution in [2.45, 2.75) is 58.8 Å². The molecule has 2 unspecified atom stereocenters. The molecular formula is C28H39N5O4. The van der Waals surface area contributed by atoms with Crippen LogP contribution in [0.25, 0.3) is 0 Å². The quantitative estimate of drug-likeness (QED) is 0.310. The monoisotopic (exact) mass is 509 g/mol. The summed E-state index contributed by atoms with van der Waals surface area (Å²) >= 11 is 0. The fourth-order valence-electron chi connectivity index (χ4n) is 3.83. The zero-order chi connectivity index (χ0) is 27.4. The predicted octanol–water partition coefficient (Wildman–Crippen LogP) is 2.75. The van der Waals surface area contributed by atoms with Gasteiger partial charge in [0.25, 0.3) is 5.91 Å². The highest BCUT2D eigenvalue weighted by Crippen LogP contribution is 2.17. The molecule has 200 valence electrons. The first-order valence-corrected chi connectivity index (χ1v) is 12.6. The lowest BCUT2D eigenvalue weighted by Gasteiger charge is -2.23. The number of hydrogen-bond acceptors (Lipinski definition) is 5. The Morgan fingerprint density at radius 1 is 0.811 bits per heavy atom. The maximum absolute atomic E-state index is 13.0. The van der Waals surface area contributed by atoms with Crippen LogP contribution in [0.4, 0.5) is 10.5 Å². The Morgan fingerprint density at radius 3 is 2.08 bits per heavy atom. The highest BCUT2D eigenvalue weighted by atomic mass is 16.2. The van der Waals surface area contributed by atoms with Crippen LogP contribution in [-0.2, 0) is 27.5 Å². The Morgan fingerprint density at radius 2 is 1.46 bits per heavy atom. The van der Waals surface area contributed by atoms with Crippen molar-refractivity contribution in [1.82, 2.24) is 21.3 Å². The Hall–Kier alpha value is -3.88. The number of hydrogen-bond donors (Lipinski definition) is 4. The van der Waals surface area contributed by atoms with Crippen LogP contribution in [-0.4, -0.2) is 49.8 Å². The summed E-state index contributed by atoms with van der Waals surface area (Å²) in [6.45, 7) is 6.09. The van der Waals surface area contributed by atoms with Crippen LogP contribution in [0.5, 0.6) is 0 Å². The number of carbonyl (C=O) groups is 4. The Kier molecular flexibility index (Phi) is 11.6. The molecule has 0 saturated carbocycles. The van der Waals surface area contributed by atoms with Gasteiger partial charge in [0, 0.05) is 32.9 Å². The molecule has 4 N–H and O–H groups in total. The van der Waals surface area contributed by atoms with E-state index in [-0.39, 0.29) is 18.9 Å². The number of rotatable bonds is 13. The molecule has 9 heteroatoms. The number of carbonyl (C=O) groups excluding carboxylic acids is 4. The molecule has 0 heterocycles. The summed E-state index contributed by atoms with van der Waals surface area (Å²) < 4.78 is 0. The van der Waals surface area contributed by atoms with Crippen LogP contribution in [0.3, 0.4) is 0 Å². The van der Waals surface area contributed by atoms with Gasteiger partial charge in [-0.25, -0.2) is 4.79 Å². The summed E-state index contributed by atoms with van der Waals surface area (Å²) in [6.07, 6.45) is 0.615. The maximum atomic E-state index is 13.0. The number of ketones is 1. The number of Topliss-reactive ketones (excluding diaryl/α,β-unsaturated/α-hetero) is 1. The molecule has 0 bridgehead atoms. The average molecular weight is 510 g/mol. The minimum absolute atomic E-state index is 0.112. The highest BCUT2D eigenvalue weighted by Gasteiger charge is 2.29. The number of anilines is 1. The van der Waals surface area contributed by atoms with Crippen molar-refractivity contribution in [3.05, 3.63) is 65.7 Å². The van der Waals surface area contributed by atoms with Gasteiger partial charge in [-0.2, -0.15) is 0 Å². The molecule has 2 aromatic rings. The largest absolute Gasteiger partial charge is 0.377 e. The molecule has 0 spiro atoms. The lowest BCUT2D eigenvalue weighted by atomic mass is 10.0. The van der Waals surface area contributed by atoms with Gasteiger partial charge >= 0.3 is 6.03 Å². The first-order chi connectivity index (χ1) is 17.6. The standard InChI is InChI=1S/C28H39N5O4/c1-6-22(25(34)27(36)29-18-21-14-10-11-15-24(21)33(4)5)31-26(35)23(16-19(2)3)32-28(37)30-17-20-12-8-7-9-13-20/h7-15,19,22-23H,6,16-18H2,1-5H3,(H,29,36)(H,31,35)(H2,30,32,37). The van der Waals surface area contributed by atoms with Crippen molar-refractivity contribution >= 4 is 29.3 Å². The van der Waals surface area contributed by atoms with Crippen LogP contribution in [0, 0.1) is 5.92 Å². The molecule has 9 nitrogen and oxygen atoms in total. The van der Waals surface area contributed by atoms with E-state index in [1.807, 2.05) is 87.4 Å². The van der Waals surface area contributed by atoms with Crippen molar-refractivity contribution in [1.29, 1.82) is 0 Å². The zero-order valence-electron chi connectivity index (χ0n) is 22.3. The second kappa shape index (κ2) is 14.6. The van der Waals surface area contributed by atoms with Crippen LogP contribution in [0.2, 0.25) is 0 Å². The fourth-order valence-corrected chi connectivity index (χ4v) is 3.83. The van der Waals surface area contributed by atoms with E-state index in [4.69, 9.17) is 0 Å². The molecule has 2 rings (SSSR count). The highest BCUT2D eigenvalue weighted by molar-refractivity contribution is 6.38. The van der Waals surface area contributed by atoms with Gasteiger partial charge in [0.05, 0.1) is 6.04 Å². The van der Waals surface area contributed by atoms with E-state index in [1.54, 1.807) is 6.92 Å². The number of urea groups is 1. The average Bonchev–Trinajstić information content (AvgIpc) is 2.88. The van der Waals surface area contributed by atoms with Crippen molar-refractivity contribution in [2.75, 3.05) is 19.0 Å². The normalized spacial score (nSPS) is 12.3. The molecule has 0 saturated heterocycles. The molecule has 0 aliphatic heterocycles. The van der Waals surface area contributed by atoms with Gasteiger partial charge in [-0.3, -0.25) is 14.4 Å². The Bertz CT molecular complexity index is 1060. The van der Waals surface area contributed by atoms with E-state index >= 15 is 0 Å². The van der Waals surface area contributed by atoms with Crippen LogP contribution in [0.15, 0.2) is 54.6 Å². The minimum atomic E-state index is -1.000. The van der Waals surface area contributed by atoms with Gasteiger partial charge < -0.3 is 26.2 Å². The van der Waals surface area contributed by atoms with E-state index in [9.17, 15) is 19.2 Å². The smallest absolute Gasteiger partial charge is 0.315 e. The molecule has 0 aromatic heterocycles. The summed E-state index contributed by atoms with van der Waals surface area (Å²) in [4.78, 5) is 52.9. The molecule has 2 aromatic carbocycles. The molecule has 0 fully saturated rings. The lowest BCUT2D eigenvalue weighted by Crippen LogP contribution is -2.55. The zero-order valence-corrected chi connectivity index (χ0v) is 22.3. The number of para-hydroxylation sites is 1. The number of benzene rings is 2. The number of nitrogens with one attached hydrogen (secondary N) is 4. The predicted molar refractivity (Wildman–Crippen MR) is 145 cm³/mol. The van der Waals surface area contributed by atoms with Gasteiger partial charge in [-0.05, 0) is 36.0 Å². The van der Waals surface area contributed by atoms with Crippen molar-refractivity contribution in [2.24, 2.45) is 5.92 Å². The summed E-state index contributed by atoms with van der Waals surface area (Å²) in [5, 5.41) is 10.8. The van der Waals surface area contributed by atoms with Crippen molar-refractivity contribution < 1.29 is 19.2 Å². The molecule has 0 aliphatic rings. The third kappa shape index (κ3) is 9.59. The molecular weight excluding hydrogens is 470 g/mol. The first kappa shape index (κ1) is 29.4. The van der Waals surface area contributed by atoms with Gasteiger partial charge in [-0.1, -0.05) is 69.3 Å². The second-order valence-corrected chi connectivity index (χ2v) is 9.53. The maximum Gasteiger partial charge on any atom is 0.315 e. The topological polar surface area (TPSA) is 120 Å². The van der Waals surface area contributed by atoms with Crippen LogP contribution < -0.4 is 26.2 Å². The van der Waals surface area contributed by atoms with Gasteiger partial charge in [0.15, 0.2) is 0 Å². The second-order valence-electron chi connectivity index (χ2n) is 9.53. The van der Waals surface area contributed by atoms with E-state index in [0.717, 1.165) is 16.8 Å². The van der Waals surface area contributed by atoms with E-state index in [2.05, 4.69) is 21.3 Å². The SMILES string of the molecule is CCC(NC(=O)C(CC(C)C)NC(=O)NCc1ccccc1)C(=O)C(=O)NCc1ccccc1N(C)C. The lowest BCUT2D eigenvalue weighted by molar-refractivity contribution is -0.140. The van der Waals surface area contributed by atoms with Gasteiger partial charge in [0.2, 0.25) is 11.7 Å². The van der Waals surface area contributed by atoms with Crippen molar-refractivity contribution in [3.63, 3.8) is 0 Å². The van der Waals surface area contributed by atoms with E-state index in [1.165, 1.54) is 0 Å². The Labute approximate surface area is 219 Å². The van der Waals surface area contributed by atoms with Crippen molar-refractivity contribution in [3.8, 4) is 0 Å². The third-order valence-electron chi connectivity index (χ3n) is 5.80. The summed E-state index contributed by atoms with van der Waals surface area (Å²) in [5.41, 5.74) is 2.73. The van der Waals surface area contributed by atoms with Crippen LogP contribution >= 0.6 is 0 Å². The van der Waals surface area contributed by atoms with Gasteiger partial charge in [0.1, 0.15) is 6.04 Å².